The predicted molar refractivity (Wildman–Crippen MR) is 127 cm³/mol. The van der Waals surface area contributed by atoms with E-state index in [0.29, 0.717) is 21.8 Å². The third-order valence-corrected chi connectivity index (χ3v) is 6.70. The number of nitrogens with zero attached hydrogens (tertiary/aromatic N) is 2. The van der Waals surface area contributed by atoms with Crippen LogP contribution in [-0.4, -0.2) is 19.6 Å². The van der Waals surface area contributed by atoms with E-state index < -0.39 is 14.9 Å². The number of nitrogens with one attached hydrogen (secondary N) is 2. The molecule has 0 atom stereocenters. The van der Waals surface area contributed by atoms with Crippen LogP contribution in [0.4, 0.5) is 17.1 Å². The lowest BCUT2D eigenvalue weighted by Crippen LogP contribution is -2.16. The van der Waals surface area contributed by atoms with Crippen LogP contribution >= 0.6 is 23.2 Å². The largest absolute Gasteiger partial charge is 0.279 e. The van der Waals surface area contributed by atoms with Gasteiger partial charge in [0.25, 0.3) is 15.7 Å². The summed E-state index contributed by atoms with van der Waals surface area (Å²) in [6.45, 7) is 3.65. The molecule has 0 saturated heterocycles. The molecule has 3 aromatic carbocycles. The van der Waals surface area contributed by atoms with Crippen LogP contribution in [-0.2, 0) is 10.0 Å². The SMILES string of the molecule is Cc1ccc(NS(=O)(=O)c2cc([N+](=O)[O-])ccc2N/N=C\c2cccc(Cl)c2Cl)c(C)c1. The molecule has 3 rings (SSSR count). The Hall–Kier alpha value is -3.14. The van der Waals surface area contributed by atoms with Gasteiger partial charge in [0.15, 0.2) is 0 Å². The fraction of sp³-hybridized carbons (Fsp3) is 0.0952. The fourth-order valence-corrected chi connectivity index (χ4v) is 4.52. The van der Waals surface area contributed by atoms with Gasteiger partial charge in [-0.2, -0.15) is 5.10 Å². The van der Waals surface area contributed by atoms with Crippen molar-refractivity contribution >= 4 is 56.5 Å². The maximum atomic E-state index is 13.1. The summed E-state index contributed by atoms with van der Waals surface area (Å²) in [6, 6.07) is 13.6. The van der Waals surface area contributed by atoms with Gasteiger partial charge in [0.1, 0.15) is 4.90 Å². The molecule has 11 heteroatoms. The maximum Gasteiger partial charge on any atom is 0.270 e. The van der Waals surface area contributed by atoms with E-state index in [-0.39, 0.29) is 21.3 Å². The van der Waals surface area contributed by atoms with E-state index in [1.165, 1.54) is 18.3 Å². The van der Waals surface area contributed by atoms with E-state index in [2.05, 4.69) is 15.2 Å². The van der Waals surface area contributed by atoms with E-state index >= 15 is 0 Å². The Bertz CT molecular complexity index is 1330. The van der Waals surface area contributed by atoms with E-state index in [9.17, 15) is 18.5 Å². The van der Waals surface area contributed by atoms with Crippen molar-refractivity contribution in [3.05, 3.63) is 91.4 Å². The normalized spacial score (nSPS) is 11.5. The number of benzene rings is 3. The molecule has 166 valence electrons. The van der Waals surface area contributed by atoms with Gasteiger partial charge in [0.05, 0.1) is 32.6 Å². The molecule has 0 spiro atoms. The van der Waals surface area contributed by atoms with Crippen molar-refractivity contribution in [2.24, 2.45) is 5.10 Å². The third-order valence-electron chi connectivity index (χ3n) is 4.46. The number of halogens is 2. The highest BCUT2D eigenvalue weighted by Crippen LogP contribution is 2.30. The highest BCUT2D eigenvalue weighted by Gasteiger charge is 2.23. The van der Waals surface area contributed by atoms with Crippen LogP contribution in [0.1, 0.15) is 16.7 Å². The van der Waals surface area contributed by atoms with Gasteiger partial charge in [-0.25, -0.2) is 8.42 Å². The van der Waals surface area contributed by atoms with E-state index in [1.54, 1.807) is 37.3 Å². The Balaban J connectivity index is 1.98. The van der Waals surface area contributed by atoms with Gasteiger partial charge >= 0.3 is 0 Å². The lowest BCUT2D eigenvalue weighted by molar-refractivity contribution is -0.385. The van der Waals surface area contributed by atoms with Crippen molar-refractivity contribution in [2.45, 2.75) is 18.7 Å². The maximum absolute atomic E-state index is 13.1. The number of nitro benzene ring substituents is 1. The first-order chi connectivity index (χ1) is 15.1. The van der Waals surface area contributed by atoms with Gasteiger partial charge in [0, 0.05) is 17.7 Å². The number of rotatable bonds is 7. The smallest absolute Gasteiger partial charge is 0.270 e. The van der Waals surface area contributed by atoms with Crippen molar-refractivity contribution in [1.29, 1.82) is 0 Å². The molecule has 32 heavy (non-hydrogen) atoms. The molecule has 0 aromatic heterocycles. The summed E-state index contributed by atoms with van der Waals surface area (Å²) in [5.74, 6) is 0. The van der Waals surface area contributed by atoms with Crippen molar-refractivity contribution in [1.82, 2.24) is 0 Å². The molecular weight excluding hydrogens is 475 g/mol. The zero-order valence-electron chi connectivity index (χ0n) is 17.0. The predicted octanol–water partition coefficient (Wildman–Crippen LogP) is 5.77. The minimum atomic E-state index is -4.18. The van der Waals surface area contributed by atoms with Gasteiger partial charge < -0.3 is 0 Å². The monoisotopic (exact) mass is 492 g/mol. The van der Waals surface area contributed by atoms with Gasteiger partial charge in [0.2, 0.25) is 0 Å². The average Bonchev–Trinajstić information content (AvgIpc) is 2.73. The highest BCUT2D eigenvalue weighted by atomic mass is 35.5. The van der Waals surface area contributed by atoms with Crippen LogP contribution in [0.5, 0.6) is 0 Å². The minimum Gasteiger partial charge on any atom is -0.279 e. The second-order valence-corrected chi connectivity index (χ2v) is 9.31. The van der Waals surface area contributed by atoms with E-state index in [4.69, 9.17) is 23.2 Å². The number of non-ortho nitro benzene ring substituents is 1. The molecule has 3 aromatic rings. The van der Waals surface area contributed by atoms with Crippen LogP contribution in [0, 0.1) is 24.0 Å². The molecule has 0 amide bonds. The molecule has 2 N–H and O–H groups in total. The zero-order chi connectivity index (χ0) is 23.5. The summed E-state index contributed by atoms with van der Waals surface area (Å²) in [5, 5.41) is 15.9. The number of hydrogen-bond acceptors (Lipinski definition) is 6. The summed E-state index contributed by atoms with van der Waals surface area (Å²) in [7, 11) is -4.18. The van der Waals surface area contributed by atoms with Gasteiger partial charge in [-0.05, 0) is 37.6 Å². The first kappa shape index (κ1) is 23.5. The molecule has 0 radical (unpaired) electrons. The summed E-state index contributed by atoms with van der Waals surface area (Å²) in [6.07, 6.45) is 1.36. The minimum absolute atomic E-state index is 0.0438. The summed E-state index contributed by atoms with van der Waals surface area (Å²) in [4.78, 5) is 10.2. The molecular formula is C21H18Cl2N4O4S. The molecule has 0 aliphatic heterocycles. The van der Waals surface area contributed by atoms with Gasteiger partial charge in [-0.15, -0.1) is 0 Å². The number of hydrazone groups is 1. The van der Waals surface area contributed by atoms with Crippen LogP contribution < -0.4 is 10.1 Å². The number of nitro groups is 1. The number of aryl methyl sites for hydroxylation is 2. The second-order valence-electron chi connectivity index (χ2n) is 6.87. The van der Waals surface area contributed by atoms with Crippen LogP contribution in [0.2, 0.25) is 10.0 Å². The highest BCUT2D eigenvalue weighted by molar-refractivity contribution is 7.92. The van der Waals surface area contributed by atoms with Crippen molar-refractivity contribution < 1.29 is 13.3 Å². The molecule has 0 unspecified atom stereocenters. The third kappa shape index (κ3) is 5.37. The zero-order valence-corrected chi connectivity index (χ0v) is 19.3. The first-order valence-electron chi connectivity index (χ1n) is 9.20. The summed E-state index contributed by atoms with van der Waals surface area (Å²) in [5.41, 5.74) is 4.83. The van der Waals surface area contributed by atoms with Crippen molar-refractivity contribution in [2.75, 3.05) is 10.1 Å². The molecule has 0 saturated carbocycles. The Morgan fingerprint density at radius 1 is 1.03 bits per heavy atom. The van der Waals surface area contributed by atoms with Crippen LogP contribution in [0.3, 0.4) is 0 Å². The van der Waals surface area contributed by atoms with Crippen molar-refractivity contribution in [3.63, 3.8) is 0 Å². The number of sulfonamides is 1. The Morgan fingerprint density at radius 2 is 1.75 bits per heavy atom. The molecule has 8 nitrogen and oxygen atoms in total. The number of anilines is 2. The standard InChI is InChI=1S/C21H18Cl2N4O4S/c1-13-6-8-18(14(2)10-13)26-32(30,31)20-11-16(27(28)29)7-9-19(20)25-24-12-15-4-3-5-17(22)21(15)23/h3-12,25-26H,1-2H3/b24-12-. The molecule has 0 bridgehead atoms. The Kier molecular flexibility index (Phi) is 7.02. The van der Waals surface area contributed by atoms with Crippen molar-refractivity contribution in [3.8, 4) is 0 Å². The van der Waals surface area contributed by atoms with E-state index in [0.717, 1.165) is 11.6 Å². The van der Waals surface area contributed by atoms with Crippen LogP contribution in [0.15, 0.2) is 64.6 Å². The lowest BCUT2D eigenvalue weighted by Gasteiger charge is -2.14. The second kappa shape index (κ2) is 9.56. The van der Waals surface area contributed by atoms with Crippen LogP contribution in [0.25, 0.3) is 0 Å². The Labute approximate surface area is 195 Å². The lowest BCUT2D eigenvalue weighted by atomic mass is 10.1. The summed E-state index contributed by atoms with van der Waals surface area (Å²) >= 11 is 12.1. The average molecular weight is 493 g/mol. The molecule has 0 heterocycles. The quantitative estimate of drug-likeness (QED) is 0.247. The molecule has 0 fully saturated rings. The number of hydrogen-bond donors (Lipinski definition) is 2. The Morgan fingerprint density at radius 3 is 2.44 bits per heavy atom. The fourth-order valence-electron chi connectivity index (χ4n) is 2.86. The molecule has 0 aliphatic rings. The summed E-state index contributed by atoms with van der Waals surface area (Å²) < 4.78 is 28.7. The van der Waals surface area contributed by atoms with Gasteiger partial charge in [-0.3, -0.25) is 20.3 Å². The van der Waals surface area contributed by atoms with Gasteiger partial charge in [-0.1, -0.05) is 53.0 Å². The first-order valence-corrected chi connectivity index (χ1v) is 11.4. The molecule has 0 aliphatic carbocycles. The topological polar surface area (TPSA) is 114 Å². The van der Waals surface area contributed by atoms with E-state index in [1.807, 2.05) is 13.0 Å².